The molecule has 0 bridgehead atoms. The molecule has 1 atom stereocenters. The number of aryl methyl sites for hydroxylation is 1. The van der Waals surface area contributed by atoms with Crippen LogP contribution in [0.5, 0.6) is 5.75 Å². The molecule has 8 heteroatoms. The summed E-state index contributed by atoms with van der Waals surface area (Å²) in [5.41, 5.74) is 1.10. The number of hydrogen-bond donors (Lipinski definition) is 2. The molecule has 2 N–H and O–H groups in total. The van der Waals surface area contributed by atoms with Crippen molar-refractivity contribution in [3.8, 4) is 5.75 Å². The first-order valence-electron chi connectivity index (χ1n) is 9.12. The second-order valence-corrected chi connectivity index (χ2v) is 6.51. The van der Waals surface area contributed by atoms with Gasteiger partial charge in [0.15, 0.2) is 0 Å². The standard InChI is InChI=1S/C19H28N4O4/c1-14(18(25)21-19(26)20-2)22-10-12-23(13-11-22)17(24)9-6-15-4-7-16(27-3)8-5-15/h4-5,7-8,14H,6,9-13H2,1-3H3,(H2,20,21,25,26)/t14-/m1/s1. The molecule has 8 nitrogen and oxygen atoms in total. The first-order valence-corrected chi connectivity index (χ1v) is 9.12. The fraction of sp³-hybridized carbons (Fsp3) is 0.526. The van der Waals surface area contributed by atoms with Gasteiger partial charge in [-0.2, -0.15) is 0 Å². The van der Waals surface area contributed by atoms with Gasteiger partial charge in [-0.1, -0.05) is 12.1 Å². The summed E-state index contributed by atoms with van der Waals surface area (Å²) in [7, 11) is 3.09. The number of nitrogens with one attached hydrogen (secondary N) is 2. The van der Waals surface area contributed by atoms with Gasteiger partial charge in [0, 0.05) is 39.6 Å². The van der Waals surface area contributed by atoms with Crippen molar-refractivity contribution < 1.29 is 19.1 Å². The van der Waals surface area contributed by atoms with Crippen molar-refractivity contribution in [2.75, 3.05) is 40.3 Å². The van der Waals surface area contributed by atoms with Gasteiger partial charge >= 0.3 is 6.03 Å². The van der Waals surface area contributed by atoms with Crippen LogP contribution in [0.3, 0.4) is 0 Å². The molecule has 1 aromatic carbocycles. The zero-order valence-corrected chi connectivity index (χ0v) is 16.2. The fourth-order valence-corrected chi connectivity index (χ4v) is 3.00. The molecule has 1 fully saturated rings. The van der Waals surface area contributed by atoms with Crippen LogP contribution in [-0.2, 0) is 16.0 Å². The number of imide groups is 1. The first-order chi connectivity index (χ1) is 12.9. The summed E-state index contributed by atoms with van der Waals surface area (Å²) in [6, 6.07) is 6.79. The highest BCUT2D eigenvalue weighted by Crippen LogP contribution is 2.14. The lowest BCUT2D eigenvalue weighted by atomic mass is 10.1. The number of ether oxygens (including phenoxy) is 1. The SMILES string of the molecule is CNC(=O)NC(=O)[C@@H](C)N1CCN(C(=O)CCc2ccc(OC)cc2)CC1. The Bertz CT molecular complexity index is 654. The number of amides is 4. The molecule has 0 aromatic heterocycles. The Morgan fingerprint density at radius 2 is 1.74 bits per heavy atom. The van der Waals surface area contributed by atoms with E-state index >= 15 is 0 Å². The number of urea groups is 1. The molecule has 0 saturated carbocycles. The topological polar surface area (TPSA) is 91.0 Å². The second kappa shape index (κ2) is 9.91. The molecule has 4 amide bonds. The maximum atomic E-state index is 12.4. The molecule has 2 rings (SSSR count). The maximum absolute atomic E-state index is 12.4. The summed E-state index contributed by atoms with van der Waals surface area (Å²) in [5.74, 6) is 0.581. The molecule has 27 heavy (non-hydrogen) atoms. The normalized spacial score (nSPS) is 15.7. The summed E-state index contributed by atoms with van der Waals surface area (Å²) in [6.45, 7) is 4.14. The lowest BCUT2D eigenvalue weighted by Gasteiger charge is -2.37. The quantitative estimate of drug-likeness (QED) is 0.759. The molecule has 1 saturated heterocycles. The van der Waals surface area contributed by atoms with E-state index in [1.54, 1.807) is 14.0 Å². The van der Waals surface area contributed by atoms with E-state index < -0.39 is 12.1 Å². The Morgan fingerprint density at radius 1 is 1.11 bits per heavy atom. The molecule has 0 unspecified atom stereocenters. The van der Waals surface area contributed by atoms with E-state index in [-0.39, 0.29) is 11.8 Å². The van der Waals surface area contributed by atoms with Crippen LogP contribution >= 0.6 is 0 Å². The minimum atomic E-state index is -0.515. The van der Waals surface area contributed by atoms with Crippen molar-refractivity contribution in [1.82, 2.24) is 20.4 Å². The van der Waals surface area contributed by atoms with Gasteiger partial charge in [-0.3, -0.25) is 19.8 Å². The Labute approximate surface area is 159 Å². The molecular formula is C19H28N4O4. The van der Waals surface area contributed by atoms with Crippen LogP contribution in [0.25, 0.3) is 0 Å². The number of methoxy groups -OCH3 is 1. The van der Waals surface area contributed by atoms with E-state index in [1.807, 2.05) is 34.1 Å². The molecule has 1 aromatic rings. The van der Waals surface area contributed by atoms with E-state index in [0.717, 1.165) is 11.3 Å². The zero-order valence-electron chi connectivity index (χ0n) is 16.2. The third kappa shape index (κ3) is 5.96. The van der Waals surface area contributed by atoms with E-state index in [9.17, 15) is 14.4 Å². The summed E-state index contributed by atoms with van der Waals surface area (Å²) in [5, 5.41) is 4.65. The molecule has 148 valence electrons. The number of rotatable bonds is 6. The van der Waals surface area contributed by atoms with Crippen molar-refractivity contribution in [3.05, 3.63) is 29.8 Å². The van der Waals surface area contributed by atoms with Gasteiger partial charge < -0.3 is 15.0 Å². The predicted octanol–water partition coefficient (Wildman–Crippen LogP) is 0.616. The van der Waals surface area contributed by atoms with Crippen LogP contribution in [0, 0.1) is 0 Å². The van der Waals surface area contributed by atoms with Crippen molar-refractivity contribution in [1.29, 1.82) is 0 Å². The molecule has 0 spiro atoms. The van der Waals surface area contributed by atoms with Crippen LogP contribution in [0.4, 0.5) is 4.79 Å². The highest BCUT2D eigenvalue weighted by Gasteiger charge is 2.27. The molecule has 1 heterocycles. The van der Waals surface area contributed by atoms with Crippen LogP contribution in [0.15, 0.2) is 24.3 Å². The van der Waals surface area contributed by atoms with Gasteiger partial charge in [-0.15, -0.1) is 0 Å². The van der Waals surface area contributed by atoms with E-state index in [0.29, 0.717) is 39.0 Å². The summed E-state index contributed by atoms with van der Waals surface area (Å²) < 4.78 is 5.13. The van der Waals surface area contributed by atoms with E-state index in [4.69, 9.17) is 4.74 Å². The van der Waals surface area contributed by atoms with Crippen LogP contribution in [-0.4, -0.2) is 74.0 Å². The Balaban J connectivity index is 1.76. The number of carbonyl (C=O) groups excluding carboxylic acids is 3. The van der Waals surface area contributed by atoms with Gasteiger partial charge in [0.25, 0.3) is 0 Å². The number of hydrogen-bond acceptors (Lipinski definition) is 5. The third-order valence-electron chi connectivity index (χ3n) is 4.84. The number of carbonyl (C=O) groups is 3. The molecule has 0 radical (unpaired) electrons. The second-order valence-electron chi connectivity index (χ2n) is 6.51. The Hall–Kier alpha value is -2.61. The fourth-order valence-electron chi connectivity index (χ4n) is 3.00. The van der Waals surface area contributed by atoms with Crippen molar-refractivity contribution >= 4 is 17.8 Å². The lowest BCUT2D eigenvalue weighted by Crippen LogP contribution is -2.56. The first kappa shape index (κ1) is 20.7. The van der Waals surface area contributed by atoms with Crippen LogP contribution in [0.2, 0.25) is 0 Å². The molecule has 1 aliphatic heterocycles. The van der Waals surface area contributed by atoms with Crippen molar-refractivity contribution in [2.45, 2.75) is 25.8 Å². The van der Waals surface area contributed by atoms with Gasteiger partial charge in [0.2, 0.25) is 11.8 Å². The average molecular weight is 376 g/mol. The minimum Gasteiger partial charge on any atom is -0.497 e. The van der Waals surface area contributed by atoms with Crippen LogP contribution < -0.4 is 15.4 Å². The Morgan fingerprint density at radius 3 is 2.30 bits per heavy atom. The monoisotopic (exact) mass is 376 g/mol. The summed E-state index contributed by atoms with van der Waals surface area (Å²) in [4.78, 5) is 39.5. The van der Waals surface area contributed by atoms with E-state index in [1.165, 1.54) is 7.05 Å². The zero-order chi connectivity index (χ0) is 19.8. The van der Waals surface area contributed by atoms with Crippen molar-refractivity contribution in [3.63, 3.8) is 0 Å². The van der Waals surface area contributed by atoms with Gasteiger partial charge in [-0.05, 0) is 31.0 Å². The number of benzene rings is 1. The van der Waals surface area contributed by atoms with Crippen LogP contribution in [0.1, 0.15) is 18.9 Å². The van der Waals surface area contributed by atoms with Gasteiger partial charge in [0.1, 0.15) is 5.75 Å². The summed E-state index contributed by atoms with van der Waals surface area (Å²) >= 11 is 0. The van der Waals surface area contributed by atoms with Gasteiger partial charge in [-0.25, -0.2) is 4.79 Å². The number of piperazine rings is 1. The molecule has 0 aliphatic carbocycles. The molecule has 1 aliphatic rings. The average Bonchev–Trinajstić information content (AvgIpc) is 2.71. The largest absolute Gasteiger partial charge is 0.497 e. The van der Waals surface area contributed by atoms with Crippen molar-refractivity contribution in [2.24, 2.45) is 0 Å². The molecular weight excluding hydrogens is 348 g/mol. The predicted molar refractivity (Wildman–Crippen MR) is 102 cm³/mol. The van der Waals surface area contributed by atoms with E-state index in [2.05, 4.69) is 10.6 Å². The highest BCUT2D eigenvalue weighted by molar-refractivity contribution is 5.96. The Kier molecular flexibility index (Phi) is 7.60. The number of nitrogens with zero attached hydrogens (tertiary/aromatic N) is 2. The third-order valence-corrected chi connectivity index (χ3v) is 4.84. The summed E-state index contributed by atoms with van der Waals surface area (Å²) in [6.07, 6.45) is 1.15. The smallest absolute Gasteiger partial charge is 0.321 e. The lowest BCUT2D eigenvalue weighted by molar-refractivity contribution is -0.134. The maximum Gasteiger partial charge on any atom is 0.321 e. The minimum absolute atomic E-state index is 0.118. The highest BCUT2D eigenvalue weighted by atomic mass is 16.5. The van der Waals surface area contributed by atoms with Gasteiger partial charge in [0.05, 0.1) is 13.2 Å².